The maximum Gasteiger partial charge on any atom is 0.259 e. The van der Waals surface area contributed by atoms with Crippen molar-refractivity contribution in [3.63, 3.8) is 0 Å². The molecule has 0 saturated heterocycles. The molecule has 7 nitrogen and oxygen atoms in total. The smallest absolute Gasteiger partial charge is 0.259 e. The van der Waals surface area contributed by atoms with Gasteiger partial charge in [-0.05, 0) is 54.7 Å². The van der Waals surface area contributed by atoms with Gasteiger partial charge in [-0.15, -0.1) is 5.11 Å². The fraction of sp³-hybridized carbons (Fsp3) is 0.348. The number of benzene rings is 1. The van der Waals surface area contributed by atoms with E-state index in [-0.39, 0.29) is 17.5 Å². The van der Waals surface area contributed by atoms with Gasteiger partial charge >= 0.3 is 0 Å². The number of halogens is 2. The number of nitrogens with one attached hydrogen (secondary N) is 1. The summed E-state index contributed by atoms with van der Waals surface area (Å²) < 4.78 is 26.9. The molecule has 0 spiro atoms. The predicted molar refractivity (Wildman–Crippen MR) is 118 cm³/mol. The summed E-state index contributed by atoms with van der Waals surface area (Å²) in [5.41, 5.74) is 3.19. The first-order chi connectivity index (χ1) is 15.3. The van der Waals surface area contributed by atoms with Gasteiger partial charge in [0.1, 0.15) is 17.5 Å². The number of anilines is 1. The lowest BCUT2D eigenvalue weighted by molar-refractivity contribution is 0.102. The van der Waals surface area contributed by atoms with E-state index in [2.05, 4.69) is 44.3 Å². The number of hydrogen-bond acceptors (Lipinski definition) is 6. The molecule has 1 N–H and O–H groups in total. The Labute approximate surface area is 185 Å². The Bertz CT molecular complexity index is 1120. The van der Waals surface area contributed by atoms with Crippen LogP contribution in [0, 0.1) is 17.6 Å². The predicted octanol–water partition coefficient (Wildman–Crippen LogP) is 4.90. The standard InChI is InChI=1S/C23H24F2N6O/c1-13(2)17-8-9-31(23-27-14(3)29-30-23)12-19(17)15-4-7-21(26-11-15)28-22(32)18-6-5-16(24)10-20(18)25/h4-7,10-11,13-14H,8-9,12H2,1-3H3,(H,26,28,32). The van der Waals surface area contributed by atoms with Gasteiger partial charge in [-0.1, -0.05) is 19.4 Å². The van der Waals surface area contributed by atoms with Crippen molar-refractivity contribution in [1.82, 2.24) is 9.88 Å². The van der Waals surface area contributed by atoms with Gasteiger partial charge in [0.2, 0.25) is 5.96 Å². The molecule has 1 amide bonds. The summed E-state index contributed by atoms with van der Waals surface area (Å²) in [5, 5.41) is 10.8. The number of carbonyl (C=O) groups excluding carboxylic acids is 1. The molecule has 1 unspecified atom stereocenters. The fourth-order valence-corrected chi connectivity index (χ4v) is 3.86. The van der Waals surface area contributed by atoms with Crippen LogP contribution in [0.2, 0.25) is 0 Å². The Hall–Kier alpha value is -3.49. The molecule has 32 heavy (non-hydrogen) atoms. The Morgan fingerprint density at radius 1 is 1.22 bits per heavy atom. The molecule has 2 aromatic rings. The molecule has 1 aromatic carbocycles. The van der Waals surface area contributed by atoms with E-state index in [0.29, 0.717) is 24.5 Å². The van der Waals surface area contributed by atoms with Crippen LogP contribution < -0.4 is 5.32 Å². The van der Waals surface area contributed by atoms with Gasteiger partial charge in [-0.2, -0.15) is 5.11 Å². The largest absolute Gasteiger partial charge is 0.335 e. The highest BCUT2D eigenvalue weighted by molar-refractivity contribution is 6.04. The van der Waals surface area contributed by atoms with Crippen LogP contribution in [0.1, 0.15) is 43.1 Å². The second kappa shape index (κ2) is 8.94. The van der Waals surface area contributed by atoms with Crippen molar-refractivity contribution in [2.45, 2.75) is 33.4 Å². The van der Waals surface area contributed by atoms with Crippen molar-refractivity contribution in [1.29, 1.82) is 0 Å². The van der Waals surface area contributed by atoms with Gasteiger partial charge < -0.3 is 10.2 Å². The van der Waals surface area contributed by atoms with Crippen LogP contribution in [0.5, 0.6) is 0 Å². The van der Waals surface area contributed by atoms with E-state index in [1.807, 2.05) is 13.0 Å². The third-order valence-electron chi connectivity index (χ3n) is 5.51. The molecule has 0 saturated carbocycles. The number of pyridine rings is 1. The molecule has 4 rings (SSSR count). The van der Waals surface area contributed by atoms with Crippen LogP contribution in [0.4, 0.5) is 14.6 Å². The number of nitrogens with zero attached hydrogens (tertiary/aromatic N) is 5. The van der Waals surface area contributed by atoms with Crippen molar-refractivity contribution < 1.29 is 13.6 Å². The molecule has 9 heteroatoms. The number of rotatable bonds is 4. The van der Waals surface area contributed by atoms with E-state index in [4.69, 9.17) is 0 Å². The van der Waals surface area contributed by atoms with Gasteiger partial charge in [-0.3, -0.25) is 4.79 Å². The summed E-state index contributed by atoms with van der Waals surface area (Å²) in [6.45, 7) is 7.70. The van der Waals surface area contributed by atoms with Crippen LogP contribution in [-0.4, -0.2) is 41.0 Å². The minimum atomic E-state index is -0.922. The van der Waals surface area contributed by atoms with Gasteiger partial charge in [0, 0.05) is 25.4 Å². The third kappa shape index (κ3) is 4.56. The molecular weight excluding hydrogens is 414 g/mol. The summed E-state index contributed by atoms with van der Waals surface area (Å²) in [7, 11) is 0. The van der Waals surface area contributed by atoms with Crippen LogP contribution >= 0.6 is 0 Å². The minimum Gasteiger partial charge on any atom is -0.335 e. The molecule has 1 aromatic heterocycles. The van der Waals surface area contributed by atoms with Gasteiger partial charge in [0.25, 0.3) is 5.91 Å². The molecule has 0 radical (unpaired) electrons. The molecule has 3 heterocycles. The Balaban J connectivity index is 1.54. The lowest BCUT2D eigenvalue weighted by Gasteiger charge is -2.32. The highest BCUT2D eigenvalue weighted by atomic mass is 19.1. The van der Waals surface area contributed by atoms with Gasteiger partial charge in [0.15, 0.2) is 6.17 Å². The molecule has 166 valence electrons. The van der Waals surface area contributed by atoms with Gasteiger partial charge in [-0.25, -0.2) is 18.8 Å². The van der Waals surface area contributed by atoms with Crippen molar-refractivity contribution in [2.75, 3.05) is 18.4 Å². The van der Waals surface area contributed by atoms with Crippen molar-refractivity contribution in [2.24, 2.45) is 21.1 Å². The number of guanidine groups is 1. The zero-order chi connectivity index (χ0) is 22.8. The zero-order valence-corrected chi connectivity index (χ0v) is 18.1. The number of carbonyl (C=O) groups is 1. The second-order valence-corrected chi connectivity index (χ2v) is 8.12. The first kappa shape index (κ1) is 21.7. The summed E-state index contributed by atoms with van der Waals surface area (Å²) in [6, 6.07) is 6.38. The number of hydrogen-bond donors (Lipinski definition) is 1. The van der Waals surface area contributed by atoms with E-state index < -0.39 is 17.5 Å². The number of azo groups is 1. The van der Waals surface area contributed by atoms with E-state index in [1.165, 1.54) is 5.57 Å². The first-order valence-corrected chi connectivity index (χ1v) is 10.5. The lowest BCUT2D eigenvalue weighted by atomic mass is 9.88. The molecule has 2 aliphatic rings. The average Bonchev–Trinajstić information content (AvgIpc) is 3.20. The molecule has 0 bridgehead atoms. The summed E-state index contributed by atoms with van der Waals surface area (Å²) in [6.07, 6.45) is 2.43. The van der Waals surface area contributed by atoms with Crippen LogP contribution in [-0.2, 0) is 0 Å². The van der Waals surface area contributed by atoms with Crippen molar-refractivity contribution in [3.05, 3.63) is 64.9 Å². The summed E-state index contributed by atoms with van der Waals surface area (Å²) in [4.78, 5) is 23.3. The van der Waals surface area contributed by atoms with Crippen LogP contribution in [0.15, 0.2) is 57.3 Å². The van der Waals surface area contributed by atoms with E-state index in [1.54, 1.807) is 12.3 Å². The topological polar surface area (TPSA) is 82.3 Å². The second-order valence-electron chi connectivity index (χ2n) is 8.12. The molecule has 0 fully saturated rings. The number of amides is 1. The monoisotopic (exact) mass is 438 g/mol. The Morgan fingerprint density at radius 2 is 2.03 bits per heavy atom. The molecule has 0 aliphatic carbocycles. The van der Waals surface area contributed by atoms with Crippen molar-refractivity contribution >= 4 is 23.3 Å². The van der Waals surface area contributed by atoms with Gasteiger partial charge in [0.05, 0.1) is 5.56 Å². The third-order valence-corrected chi connectivity index (χ3v) is 5.51. The zero-order valence-electron chi connectivity index (χ0n) is 18.1. The quantitative estimate of drug-likeness (QED) is 0.737. The fourth-order valence-electron chi connectivity index (χ4n) is 3.86. The maximum atomic E-state index is 13.9. The SMILES string of the molecule is CC1N=NC(N2CCC(C(C)C)=C(c3ccc(NC(=O)c4ccc(F)cc4F)nc3)C2)=N1. The number of aromatic nitrogens is 1. The summed E-state index contributed by atoms with van der Waals surface area (Å²) >= 11 is 0. The minimum absolute atomic E-state index is 0.153. The Kier molecular flexibility index (Phi) is 6.07. The highest BCUT2D eigenvalue weighted by Gasteiger charge is 2.26. The normalized spacial score (nSPS) is 18.4. The lowest BCUT2D eigenvalue weighted by Crippen LogP contribution is -2.36. The van der Waals surface area contributed by atoms with Crippen molar-refractivity contribution in [3.8, 4) is 0 Å². The summed E-state index contributed by atoms with van der Waals surface area (Å²) in [5.74, 6) is -1.04. The number of aliphatic imine (C=N–C) groups is 1. The first-order valence-electron chi connectivity index (χ1n) is 10.5. The average molecular weight is 438 g/mol. The van der Waals surface area contributed by atoms with Crippen LogP contribution in [0.25, 0.3) is 5.57 Å². The van der Waals surface area contributed by atoms with E-state index in [0.717, 1.165) is 36.2 Å². The molecule has 1 atom stereocenters. The van der Waals surface area contributed by atoms with Crippen LogP contribution in [0.3, 0.4) is 0 Å². The molecule has 2 aliphatic heterocycles. The molecular formula is C23H24F2N6O. The maximum absolute atomic E-state index is 13.9. The van der Waals surface area contributed by atoms with E-state index in [9.17, 15) is 13.6 Å². The Morgan fingerprint density at radius 3 is 2.66 bits per heavy atom. The van der Waals surface area contributed by atoms with E-state index >= 15 is 0 Å². The highest BCUT2D eigenvalue weighted by Crippen LogP contribution is 2.32.